The molecule has 0 aliphatic heterocycles. The second kappa shape index (κ2) is 5.93. The second-order valence-electron chi connectivity index (χ2n) is 4.08. The summed E-state index contributed by atoms with van der Waals surface area (Å²) in [6.45, 7) is 1.71. The molecule has 0 saturated heterocycles. The average Bonchev–Trinajstić information content (AvgIpc) is 2.28. The molecular weight excluding hydrogens is 272 g/mol. The van der Waals surface area contributed by atoms with Gasteiger partial charge in [-0.15, -0.1) is 0 Å². The summed E-state index contributed by atoms with van der Waals surface area (Å²) in [7, 11) is -0.341. The summed E-state index contributed by atoms with van der Waals surface area (Å²) in [5.74, 6) is 0.342. The number of nitro groups is 1. The molecule has 1 aromatic heterocycles. The number of nitrogens with one attached hydrogen (secondary N) is 1. The van der Waals surface area contributed by atoms with E-state index in [1.165, 1.54) is 33.2 Å². The first-order valence-electron chi connectivity index (χ1n) is 5.50. The molecule has 0 aromatic carbocycles. The van der Waals surface area contributed by atoms with Crippen LogP contribution in [0.1, 0.15) is 5.69 Å². The lowest BCUT2D eigenvalue weighted by Crippen LogP contribution is -2.28. The number of hydrogen-bond acceptors (Lipinski definition) is 6. The number of aryl methyl sites for hydroxylation is 1. The van der Waals surface area contributed by atoms with Gasteiger partial charge in [0.1, 0.15) is 11.5 Å². The number of hydrogen-bond donors (Lipinski definition) is 1. The summed E-state index contributed by atoms with van der Waals surface area (Å²) < 4.78 is 24.2. The monoisotopic (exact) mass is 288 g/mol. The van der Waals surface area contributed by atoms with E-state index in [1.54, 1.807) is 0 Å². The summed E-state index contributed by atoms with van der Waals surface area (Å²) in [5.41, 5.74) is 0.219. The van der Waals surface area contributed by atoms with Gasteiger partial charge in [0.05, 0.1) is 10.7 Å². The molecule has 0 spiro atoms. The van der Waals surface area contributed by atoms with Crippen LogP contribution < -0.4 is 5.32 Å². The Morgan fingerprint density at radius 2 is 2.05 bits per heavy atom. The Hall–Kier alpha value is -1.74. The highest BCUT2D eigenvalue weighted by Gasteiger charge is 2.14. The van der Waals surface area contributed by atoms with E-state index in [0.29, 0.717) is 5.82 Å². The molecule has 0 aliphatic carbocycles. The van der Waals surface area contributed by atoms with Crippen LogP contribution in [0.15, 0.2) is 12.1 Å². The molecule has 0 fully saturated rings. The zero-order valence-electron chi connectivity index (χ0n) is 11.0. The van der Waals surface area contributed by atoms with Crippen LogP contribution in [0.2, 0.25) is 0 Å². The highest BCUT2D eigenvalue weighted by Crippen LogP contribution is 2.17. The molecule has 1 aromatic rings. The predicted molar refractivity (Wildman–Crippen MR) is 71.6 cm³/mol. The van der Waals surface area contributed by atoms with Gasteiger partial charge in [-0.25, -0.2) is 17.7 Å². The number of sulfonamides is 1. The molecule has 1 rings (SSSR count). The van der Waals surface area contributed by atoms with Crippen LogP contribution in [0, 0.1) is 17.0 Å². The van der Waals surface area contributed by atoms with Gasteiger partial charge in [0.2, 0.25) is 10.0 Å². The van der Waals surface area contributed by atoms with Crippen molar-refractivity contribution in [3.63, 3.8) is 0 Å². The summed E-state index contributed by atoms with van der Waals surface area (Å²) in [6, 6.07) is 2.79. The average molecular weight is 288 g/mol. The first kappa shape index (κ1) is 15.3. The van der Waals surface area contributed by atoms with Crippen molar-refractivity contribution < 1.29 is 13.3 Å². The second-order valence-corrected chi connectivity index (χ2v) is 6.39. The molecule has 9 heteroatoms. The van der Waals surface area contributed by atoms with Crippen molar-refractivity contribution in [3.8, 4) is 0 Å². The van der Waals surface area contributed by atoms with Gasteiger partial charge in [-0.1, -0.05) is 0 Å². The van der Waals surface area contributed by atoms with Crippen LogP contribution in [0.4, 0.5) is 11.5 Å². The third-order valence-corrected chi connectivity index (χ3v) is 4.31. The van der Waals surface area contributed by atoms with E-state index in [-0.39, 0.29) is 23.7 Å². The van der Waals surface area contributed by atoms with Crippen molar-refractivity contribution in [2.45, 2.75) is 6.92 Å². The van der Waals surface area contributed by atoms with E-state index in [4.69, 9.17) is 0 Å². The molecule has 1 heterocycles. The van der Waals surface area contributed by atoms with Crippen molar-refractivity contribution in [2.24, 2.45) is 0 Å². The van der Waals surface area contributed by atoms with E-state index in [0.717, 1.165) is 4.31 Å². The number of anilines is 1. The fraction of sp³-hybridized carbons (Fsp3) is 0.500. The summed E-state index contributed by atoms with van der Waals surface area (Å²) in [4.78, 5) is 14.1. The highest BCUT2D eigenvalue weighted by atomic mass is 32.2. The first-order chi connectivity index (χ1) is 8.74. The topological polar surface area (TPSA) is 105 Å². The van der Waals surface area contributed by atoms with E-state index in [2.05, 4.69) is 10.3 Å². The molecule has 0 saturated carbocycles. The molecule has 0 unspecified atom stereocenters. The van der Waals surface area contributed by atoms with Crippen LogP contribution in [-0.4, -0.2) is 49.0 Å². The Kier molecular flexibility index (Phi) is 4.78. The van der Waals surface area contributed by atoms with E-state index in [1.807, 2.05) is 0 Å². The van der Waals surface area contributed by atoms with Crippen molar-refractivity contribution in [1.82, 2.24) is 9.29 Å². The number of nitrogens with zero attached hydrogens (tertiary/aromatic N) is 3. The van der Waals surface area contributed by atoms with Crippen LogP contribution in [0.25, 0.3) is 0 Å². The quantitative estimate of drug-likeness (QED) is 0.607. The minimum Gasteiger partial charge on any atom is -0.369 e. The van der Waals surface area contributed by atoms with Crippen LogP contribution in [-0.2, 0) is 10.0 Å². The van der Waals surface area contributed by atoms with Crippen LogP contribution >= 0.6 is 0 Å². The first-order valence-corrected chi connectivity index (χ1v) is 7.11. The Labute approximate surface area is 111 Å². The Bertz CT molecular complexity index is 571. The third-order valence-electron chi connectivity index (χ3n) is 2.48. The van der Waals surface area contributed by atoms with E-state index >= 15 is 0 Å². The minimum absolute atomic E-state index is 0.0635. The van der Waals surface area contributed by atoms with Gasteiger partial charge in [0, 0.05) is 26.7 Å². The predicted octanol–water partition coefficient (Wildman–Crippen LogP) is 0.602. The smallest absolute Gasteiger partial charge is 0.290 e. The van der Waals surface area contributed by atoms with Crippen molar-refractivity contribution >= 4 is 21.5 Å². The lowest BCUT2D eigenvalue weighted by atomic mass is 10.3. The fourth-order valence-corrected chi connectivity index (χ4v) is 2.06. The summed E-state index contributed by atoms with van der Waals surface area (Å²) in [6.07, 6.45) is 0. The van der Waals surface area contributed by atoms with Crippen molar-refractivity contribution in [2.75, 3.05) is 31.7 Å². The summed E-state index contributed by atoms with van der Waals surface area (Å²) >= 11 is 0. The fourth-order valence-electron chi connectivity index (χ4n) is 1.34. The molecule has 0 bridgehead atoms. The Balaban J connectivity index is 2.65. The zero-order chi connectivity index (χ0) is 14.6. The molecule has 1 N–H and O–H groups in total. The lowest BCUT2D eigenvalue weighted by molar-refractivity contribution is -0.385. The molecule has 19 heavy (non-hydrogen) atoms. The Morgan fingerprint density at radius 1 is 1.42 bits per heavy atom. The molecular formula is C10H16N4O4S. The maximum Gasteiger partial charge on any atom is 0.290 e. The van der Waals surface area contributed by atoms with Gasteiger partial charge in [0.15, 0.2) is 0 Å². The molecule has 0 amide bonds. The summed E-state index contributed by atoms with van der Waals surface area (Å²) in [5, 5.41) is 13.4. The maximum atomic E-state index is 11.5. The van der Waals surface area contributed by atoms with Gasteiger partial charge < -0.3 is 5.32 Å². The number of pyridine rings is 1. The van der Waals surface area contributed by atoms with Gasteiger partial charge >= 0.3 is 0 Å². The highest BCUT2D eigenvalue weighted by molar-refractivity contribution is 7.89. The zero-order valence-corrected chi connectivity index (χ0v) is 11.8. The largest absolute Gasteiger partial charge is 0.369 e. The van der Waals surface area contributed by atoms with Crippen LogP contribution in [0.5, 0.6) is 0 Å². The van der Waals surface area contributed by atoms with Crippen molar-refractivity contribution in [3.05, 3.63) is 27.9 Å². The molecule has 0 aliphatic rings. The molecule has 0 radical (unpaired) electrons. The molecule has 8 nitrogen and oxygen atoms in total. The number of aromatic nitrogens is 1. The van der Waals surface area contributed by atoms with Gasteiger partial charge in [0.25, 0.3) is 5.69 Å². The molecule has 106 valence electrons. The Morgan fingerprint density at radius 3 is 2.53 bits per heavy atom. The van der Waals surface area contributed by atoms with E-state index in [9.17, 15) is 18.5 Å². The van der Waals surface area contributed by atoms with Crippen LogP contribution in [0.3, 0.4) is 0 Å². The number of rotatable bonds is 6. The van der Waals surface area contributed by atoms with E-state index < -0.39 is 14.9 Å². The van der Waals surface area contributed by atoms with Crippen molar-refractivity contribution in [1.29, 1.82) is 0 Å². The standard InChI is InChI=1S/C10H16N4O4S/c1-8-9(14(15)16)4-5-10(12-8)11-6-7-19(17,18)13(2)3/h4-5H,6-7H2,1-3H3,(H,11,12). The van der Waals surface area contributed by atoms with Gasteiger partial charge in [-0.3, -0.25) is 10.1 Å². The van der Waals surface area contributed by atoms with Gasteiger partial charge in [-0.2, -0.15) is 0 Å². The normalized spacial score (nSPS) is 11.6. The maximum absolute atomic E-state index is 11.5. The van der Waals surface area contributed by atoms with Gasteiger partial charge in [-0.05, 0) is 13.0 Å². The third kappa shape index (κ3) is 4.14. The SMILES string of the molecule is Cc1nc(NCCS(=O)(=O)N(C)C)ccc1[N+](=O)[O-]. The molecule has 0 atom stereocenters. The minimum atomic E-state index is -3.27. The lowest BCUT2D eigenvalue weighted by Gasteiger charge is -2.11.